The summed E-state index contributed by atoms with van der Waals surface area (Å²) in [5.41, 5.74) is 7.40. The Morgan fingerprint density at radius 3 is 2.72 bits per heavy atom. The van der Waals surface area contributed by atoms with Gasteiger partial charge in [0.15, 0.2) is 0 Å². The predicted octanol–water partition coefficient (Wildman–Crippen LogP) is 2.84. The number of nitrogens with two attached hydrogens (primary N) is 1. The maximum absolute atomic E-state index is 13.0. The Hall–Kier alpha value is -2.63. The number of nitrogens with one attached hydrogen (secondary N) is 1. The molecular formula is C19H23FN4O. The number of aromatic nitrogens is 1. The minimum Gasteiger partial charge on any atom is -0.384 e. The highest BCUT2D eigenvalue weighted by atomic mass is 19.1. The lowest BCUT2D eigenvalue weighted by molar-refractivity contribution is -0.130. The van der Waals surface area contributed by atoms with Crippen LogP contribution in [0, 0.1) is 5.82 Å². The van der Waals surface area contributed by atoms with E-state index >= 15 is 0 Å². The number of carbonyl (C=O) groups excluding carboxylic acids is 1. The molecule has 1 aliphatic rings. The van der Waals surface area contributed by atoms with Gasteiger partial charge < -0.3 is 16.0 Å². The maximum atomic E-state index is 13.0. The minimum atomic E-state index is -0.281. The van der Waals surface area contributed by atoms with Crippen LogP contribution in [0.15, 0.2) is 42.6 Å². The fraction of sp³-hybridized carbons (Fsp3) is 0.368. The van der Waals surface area contributed by atoms with Gasteiger partial charge in [-0.1, -0.05) is 12.1 Å². The van der Waals surface area contributed by atoms with Gasteiger partial charge in [0.25, 0.3) is 0 Å². The molecule has 6 heteroatoms. The lowest BCUT2D eigenvalue weighted by Gasteiger charge is -2.21. The van der Waals surface area contributed by atoms with Crippen molar-refractivity contribution in [2.45, 2.75) is 31.7 Å². The van der Waals surface area contributed by atoms with Gasteiger partial charge in [-0.15, -0.1) is 0 Å². The SMILES string of the molecule is Nc1ccc(N[C@@H]2CCCN(C(=O)Cc3ccc(F)cc3)CC2)cn1. The van der Waals surface area contributed by atoms with Gasteiger partial charge in [-0.2, -0.15) is 0 Å². The van der Waals surface area contributed by atoms with Crippen molar-refractivity contribution in [3.05, 3.63) is 54.0 Å². The van der Waals surface area contributed by atoms with Crippen LogP contribution in [0.2, 0.25) is 0 Å². The molecule has 1 amide bonds. The second-order valence-electron chi connectivity index (χ2n) is 6.43. The molecule has 0 spiro atoms. The molecule has 2 heterocycles. The Balaban J connectivity index is 1.52. The molecule has 1 aromatic carbocycles. The van der Waals surface area contributed by atoms with Gasteiger partial charge in [0.2, 0.25) is 5.91 Å². The van der Waals surface area contributed by atoms with Crippen LogP contribution in [0.25, 0.3) is 0 Å². The summed E-state index contributed by atoms with van der Waals surface area (Å²) in [5, 5.41) is 3.47. The number of carbonyl (C=O) groups is 1. The summed E-state index contributed by atoms with van der Waals surface area (Å²) in [6.45, 7) is 1.48. The van der Waals surface area contributed by atoms with Crippen LogP contribution in [-0.4, -0.2) is 34.9 Å². The summed E-state index contributed by atoms with van der Waals surface area (Å²) in [6.07, 6.45) is 4.90. The van der Waals surface area contributed by atoms with E-state index < -0.39 is 0 Å². The van der Waals surface area contributed by atoms with Crippen molar-refractivity contribution in [2.24, 2.45) is 0 Å². The number of hydrogen-bond acceptors (Lipinski definition) is 4. The van der Waals surface area contributed by atoms with E-state index in [0.29, 0.717) is 18.3 Å². The molecule has 1 saturated heterocycles. The van der Waals surface area contributed by atoms with Crippen LogP contribution in [0.5, 0.6) is 0 Å². The first-order valence-electron chi connectivity index (χ1n) is 8.60. The molecular weight excluding hydrogens is 319 g/mol. The average Bonchev–Trinajstić information content (AvgIpc) is 2.85. The Bertz CT molecular complexity index is 702. The number of pyridine rings is 1. The molecule has 132 valence electrons. The van der Waals surface area contributed by atoms with Crippen molar-refractivity contribution in [1.29, 1.82) is 0 Å². The lowest BCUT2D eigenvalue weighted by Crippen LogP contribution is -2.33. The summed E-state index contributed by atoms with van der Waals surface area (Å²) in [6, 6.07) is 10.1. The van der Waals surface area contributed by atoms with Crippen molar-refractivity contribution in [2.75, 3.05) is 24.1 Å². The number of nitrogens with zero attached hydrogens (tertiary/aromatic N) is 2. The Kier molecular flexibility index (Phi) is 5.48. The van der Waals surface area contributed by atoms with E-state index in [1.807, 2.05) is 11.0 Å². The normalized spacial score (nSPS) is 17.8. The van der Waals surface area contributed by atoms with Crippen LogP contribution < -0.4 is 11.1 Å². The van der Waals surface area contributed by atoms with Crippen LogP contribution in [0.4, 0.5) is 15.9 Å². The van der Waals surface area contributed by atoms with Crippen molar-refractivity contribution >= 4 is 17.4 Å². The Morgan fingerprint density at radius 1 is 1.20 bits per heavy atom. The summed E-state index contributed by atoms with van der Waals surface area (Å²) >= 11 is 0. The topological polar surface area (TPSA) is 71.2 Å². The number of hydrogen-bond donors (Lipinski definition) is 2. The molecule has 5 nitrogen and oxygen atoms in total. The first-order chi connectivity index (χ1) is 12.1. The minimum absolute atomic E-state index is 0.0985. The third kappa shape index (κ3) is 4.92. The van der Waals surface area contributed by atoms with Gasteiger partial charge in [0.05, 0.1) is 18.3 Å². The highest BCUT2D eigenvalue weighted by Crippen LogP contribution is 2.18. The third-order valence-corrected chi connectivity index (χ3v) is 4.51. The number of benzene rings is 1. The molecule has 1 aliphatic heterocycles. The maximum Gasteiger partial charge on any atom is 0.226 e. The number of likely N-dealkylation sites (tertiary alicyclic amines) is 1. The summed E-state index contributed by atoms with van der Waals surface area (Å²) in [7, 11) is 0. The third-order valence-electron chi connectivity index (χ3n) is 4.51. The monoisotopic (exact) mass is 342 g/mol. The fourth-order valence-corrected chi connectivity index (χ4v) is 3.11. The van der Waals surface area contributed by atoms with Gasteiger partial charge in [-0.25, -0.2) is 9.37 Å². The molecule has 0 saturated carbocycles. The van der Waals surface area contributed by atoms with Gasteiger partial charge in [0.1, 0.15) is 11.6 Å². The zero-order valence-corrected chi connectivity index (χ0v) is 14.1. The smallest absolute Gasteiger partial charge is 0.226 e. The van der Waals surface area contributed by atoms with Crippen LogP contribution in [-0.2, 0) is 11.2 Å². The lowest BCUT2D eigenvalue weighted by atomic mass is 10.1. The van der Waals surface area contributed by atoms with Crippen molar-refractivity contribution in [3.8, 4) is 0 Å². The molecule has 3 N–H and O–H groups in total. The Morgan fingerprint density at radius 2 is 2.00 bits per heavy atom. The first-order valence-corrected chi connectivity index (χ1v) is 8.60. The van der Waals surface area contributed by atoms with Gasteiger partial charge in [-0.05, 0) is 49.1 Å². The van der Waals surface area contributed by atoms with Crippen molar-refractivity contribution in [1.82, 2.24) is 9.88 Å². The van der Waals surface area contributed by atoms with Crippen LogP contribution in [0.1, 0.15) is 24.8 Å². The molecule has 2 aromatic rings. The largest absolute Gasteiger partial charge is 0.384 e. The second-order valence-corrected chi connectivity index (χ2v) is 6.43. The van der Waals surface area contributed by atoms with Crippen LogP contribution >= 0.6 is 0 Å². The number of halogens is 1. The quantitative estimate of drug-likeness (QED) is 0.896. The second kappa shape index (κ2) is 7.96. The number of anilines is 2. The molecule has 25 heavy (non-hydrogen) atoms. The van der Waals surface area contributed by atoms with Gasteiger partial charge in [-0.3, -0.25) is 4.79 Å². The van der Waals surface area contributed by atoms with E-state index in [4.69, 9.17) is 5.73 Å². The molecule has 0 aliphatic carbocycles. The molecule has 1 atom stereocenters. The van der Waals surface area contributed by atoms with Crippen molar-refractivity contribution < 1.29 is 9.18 Å². The van der Waals surface area contributed by atoms with Gasteiger partial charge in [0, 0.05) is 19.1 Å². The van der Waals surface area contributed by atoms with E-state index in [9.17, 15) is 9.18 Å². The predicted molar refractivity (Wildman–Crippen MR) is 96.6 cm³/mol. The average molecular weight is 342 g/mol. The van der Waals surface area contributed by atoms with Gasteiger partial charge >= 0.3 is 0 Å². The number of nitrogen functional groups attached to an aromatic ring is 1. The molecule has 1 fully saturated rings. The van der Waals surface area contributed by atoms with E-state index in [0.717, 1.165) is 43.6 Å². The van der Waals surface area contributed by atoms with E-state index in [-0.39, 0.29) is 11.7 Å². The summed E-state index contributed by atoms with van der Waals surface area (Å²) in [5.74, 6) is 0.322. The summed E-state index contributed by atoms with van der Waals surface area (Å²) < 4.78 is 13.0. The Labute approximate surface area is 147 Å². The molecule has 3 rings (SSSR count). The zero-order valence-electron chi connectivity index (χ0n) is 14.1. The molecule has 0 radical (unpaired) electrons. The van der Waals surface area contributed by atoms with E-state index in [1.54, 1.807) is 24.4 Å². The highest BCUT2D eigenvalue weighted by molar-refractivity contribution is 5.78. The molecule has 1 aromatic heterocycles. The van der Waals surface area contributed by atoms with Crippen molar-refractivity contribution in [3.63, 3.8) is 0 Å². The van der Waals surface area contributed by atoms with E-state index in [2.05, 4.69) is 10.3 Å². The zero-order chi connectivity index (χ0) is 17.6. The summed E-state index contributed by atoms with van der Waals surface area (Å²) in [4.78, 5) is 18.5. The standard InChI is InChI=1S/C19H23FN4O/c20-15-5-3-14(4-6-15)12-19(25)24-10-1-2-16(9-11-24)23-17-7-8-18(21)22-13-17/h3-8,13,16,23H,1-2,9-12H2,(H2,21,22)/t16-/m1/s1. The highest BCUT2D eigenvalue weighted by Gasteiger charge is 2.20. The molecule has 0 unspecified atom stereocenters. The fourth-order valence-electron chi connectivity index (χ4n) is 3.11. The number of amides is 1. The van der Waals surface area contributed by atoms with Crippen LogP contribution in [0.3, 0.4) is 0 Å². The molecule has 0 bridgehead atoms. The first kappa shape index (κ1) is 17.2. The number of rotatable bonds is 4. The van der Waals surface area contributed by atoms with E-state index in [1.165, 1.54) is 12.1 Å².